The van der Waals surface area contributed by atoms with Crippen LogP contribution in [0, 0.1) is 0 Å². The smallest absolute Gasteiger partial charge is 0.267 e. The molecule has 2 aromatic rings. The predicted molar refractivity (Wildman–Crippen MR) is 130 cm³/mol. The zero-order chi connectivity index (χ0) is 23.6. The number of hydrogen-bond acceptors (Lipinski definition) is 10. The van der Waals surface area contributed by atoms with E-state index in [1.165, 1.54) is 15.4 Å². The van der Waals surface area contributed by atoms with Crippen LogP contribution >= 0.6 is 24.0 Å². The molecule has 2 N–H and O–H groups in total. The molecule has 0 bridgehead atoms. The number of amides is 1. The van der Waals surface area contributed by atoms with Gasteiger partial charge in [-0.25, -0.2) is 13.4 Å². The van der Waals surface area contributed by atoms with Crippen molar-refractivity contribution >= 4 is 61.6 Å². The molecule has 2 aliphatic heterocycles. The topological polar surface area (TPSA) is 130 Å². The highest BCUT2D eigenvalue weighted by Crippen LogP contribution is 2.36. The second kappa shape index (κ2) is 9.89. The van der Waals surface area contributed by atoms with Crippen molar-refractivity contribution in [3.05, 3.63) is 45.2 Å². The number of anilines is 1. The first-order valence-corrected chi connectivity index (χ1v) is 13.3. The predicted octanol–water partition coefficient (Wildman–Crippen LogP) is 0.504. The summed E-state index contributed by atoms with van der Waals surface area (Å²) in [5, 5.41) is 11.9. The molecule has 1 unspecified atom stereocenters. The van der Waals surface area contributed by atoms with Gasteiger partial charge in [0.05, 0.1) is 47.8 Å². The summed E-state index contributed by atoms with van der Waals surface area (Å²) in [7, 11) is -3.19. The molecule has 33 heavy (non-hydrogen) atoms. The second-order valence-electron chi connectivity index (χ2n) is 7.48. The number of aliphatic hydroxyl groups excluding tert-OH is 1. The lowest BCUT2D eigenvalue weighted by Gasteiger charge is -2.20. The summed E-state index contributed by atoms with van der Waals surface area (Å²) in [6.07, 6.45) is 3.38. The van der Waals surface area contributed by atoms with Crippen LogP contribution in [0.5, 0.6) is 0 Å². The van der Waals surface area contributed by atoms with Crippen LogP contribution in [0.3, 0.4) is 0 Å². The molecular weight excluding hydrogens is 488 g/mol. The fourth-order valence-corrected chi connectivity index (χ4v) is 6.76. The Balaban J connectivity index is 1.67. The summed E-state index contributed by atoms with van der Waals surface area (Å²) in [4.78, 5) is 32.4. The summed E-state index contributed by atoms with van der Waals surface area (Å²) < 4.78 is 30.6. The molecule has 0 aromatic carbocycles. The average molecular weight is 511 g/mol. The Labute approximate surface area is 199 Å². The highest BCUT2D eigenvalue weighted by molar-refractivity contribution is 8.26. The van der Waals surface area contributed by atoms with Gasteiger partial charge in [-0.15, -0.1) is 0 Å². The minimum Gasteiger partial charge on any atom is -0.394 e. The van der Waals surface area contributed by atoms with Gasteiger partial charge in [0.1, 0.15) is 15.8 Å². The van der Waals surface area contributed by atoms with Gasteiger partial charge in [0, 0.05) is 12.7 Å². The van der Waals surface area contributed by atoms with E-state index < -0.39 is 21.8 Å². The molecule has 2 fully saturated rings. The Morgan fingerprint density at radius 2 is 2.15 bits per heavy atom. The van der Waals surface area contributed by atoms with E-state index >= 15 is 0 Å². The van der Waals surface area contributed by atoms with Crippen molar-refractivity contribution in [3.63, 3.8) is 0 Å². The molecule has 4 heterocycles. The Bertz CT molecular complexity index is 1290. The number of pyridine rings is 1. The SMILES string of the molecule is O=C1C(=Cc2c(NCCOCCO)nc3ccccn3c2=O)SC(=S)N1C1CCS(=O)(=O)C1. The highest BCUT2D eigenvalue weighted by Gasteiger charge is 2.42. The standard InChI is InChI=1S/C20H22N4O6S3/c25-7-9-30-8-5-21-17-14(18(26)23-6-2-1-3-16(23)22-17)11-15-19(27)24(20(31)32-15)13-4-10-33(28,29)12-13/h1-3,6,11,13,21,25H,4-5,7-10,12H2. The molecule has 2 aliphatic rings. The van der Waals surface area contributed by atoms with Crippen LogP contribution in [0.1, 0.15) is 12.0 Å². The Kier molecular flexibility index (Phi) is 7.14. The van der Waals surface area contributed by atoms with Crippen LogP contribution in [0.15, 0.2) is 34.1 Å². The number of rotatable bonds is 8. The quantitative estimate of drug-likeness (QED) is 0.294. The Morgan fingerprint density at radius 3 is 2.88 bits per heavy atom. The summed E-state index contributed by atoms with van der Waals surface area (Å²) in [6, 6.07) is 4.66. The first-order valence-electron chi connectivity index (χ1n) is 10.2. The van der Waals surface area contributed by atoms with Crippen molar-refractivity contribution in [2.45, 2.75) is 12.5 Å². The first kappa shape index (κ1) is 23.8. The number of thioether (sulfide) groups is 1. The number of aliphatic hydroxyl groups is 1. The lowest BCUT2D eigenvalue weighted by molar-refractivity contribution is -0.123. The van der Waals surface area contributed by atoms with Gasteiger partial charge in [-0.05, 0) is 24.6 Å². The van der Waals surface area contributed by atoms with E-state index in [-0.39, 0.29) is 57.5 Å². The number of thiocarbonyl (C=S) groups is 1. The van der Waals surface area contributed by atoms with E-state index in [2.05, 4.69) is 10.3 Å². The van der Waals surface area contributed by atoms with Gasteiger partial charge in [-0.1, -0.05) is 30.0 Å². The van der Waals surface area contributed by atoms with E-state index in [1.807, 2.05) is 0 Å². The lowest BCUT2D eigenvalue weighted by atomic mass is 10.2. The number of sulfone groups is 1. The highest BCUT2D eigenvalue weighted by atomic mass is 32.2. The van der Waals surface area contributed by atoms with Gasteiger partial charge in [0.25, 0.3) is 11.5 Å². The van der Waals surface area contributed by atoms with Gasteiger partial charge in [-0.3, -0.25) is 18.9 Å². The van der Waals surface area contributed by atoms with Gasteiger partial charge in [-0.2, -0.15) is 0 Å². The molecule has 0 spiro atoms. The van der Waals surface area contributed by atoms with Crippen molar-refractivity contribution in [1.82, 2.24) is 14.3 Å². The molecule has 0 radical (unpaired) electrons. The number of nitrogens with one attached hydrogen (secondary N) is 1. The molecule has 4 rings (SSSR count). The van der Waals surface area contributed by atoms with Gasteiger partial charge < -0.3 is 15.2 Å². The van der Waals surface area contributed by atoms with E-state index in [0.717, 1.165) is 11.8 Å². The monoisotopic (exact) mass is 510 g/mol. The number of nitrogens with zero attached hydrogens (tertiary/aromatic N) is 3. The van der Waals surface area contributed by atoms with Crippen LogP contribution in [0.4, 0.5) is 5.82 Å². The van der Waals surface area contributed by atoms with Crippen LogP contribution in [-0.2, 0) is 19.4 Å². The van der Waals surface area contributed by atoms with Crippen LogP contribution < -0.4 is 10.9 Å². The third-order valence-electron chi connectivity index (χ3n) is 5.22. The summed E-state index contributed by atoms with van der Waals surface area (Å²) in [5.74, 6) is -0.224. The number of ether oxygens (including phenoxy) is 1. The summed E-state index contributed by atoms with van der Waals surface area (Å²) >= 11 is 6.40. The third kappa shape index (κ3) is 5.11. The molecule has 2 aromatic heterocycles. The van der Waals surface area contributed by atoms with Crippen molar-refractivity contribution in [1.29, 1.82) is 0 Å². The van der Waals surface area contributed by atoms with Gasteiger partial charge in [0.2, 0.25) is 0 Å². The molecule has 13 heteroatoms. The Morgan fingerprint density at radius 1 is 1.33 bits per heavy atom. The zero-order valence-electron chi connectivity index (χ0n) is 17.5. The van der Waals surface area contributed by atoms with Crippen molar-refractivity contribution in [2.24, 2.45) is 0 Å². The zero-order valence-corrected chi connectivity index (χ0v) is 19.9. The maximum absolute atomic E-state index is 13.2. The van der Waals surface area contributed by atoms with Gasteiger partial charge in [0.15, 0.2) is 9.84 Å². The van der Waals surface area contributed by atoms with Crippen molar-refractivity contribution in [3.8, 4) is 0 Å². The van der Waals surface area contributed by atoms with Crippen LogP contribution in [0.2, 0.25) is 0 Å². The van der Waals surface area contributed by atoms with E-state index in [1.54, 1.807) is 24.4 Å². The molecule has 1 atom stereocenters. The number of carbonyl (C=O) groups excluding carboxylic acids is 1. The van der Waals surface area contributed by atoms with E-state index in [0.29, 0.717) is 18.6 Å². The average Bonchev–Trinajstić information content (AvgIpc) is 3.27. The number of carbonyl (C=O) groups is 1. The van der Waals surface area contributed by atoms with Gasteiger partial charge >= 0.3 is 0 Å². The van der Waals surface area contributed by atoms with E-state index in [9.17, 15) is 18.0 Å². The summed E-state index contributed by atoms with van der Waals surface area (Å²) in [6.45, 7) is 0.720. The minimum absolute atomic E-state index is 0.0239. The number of fused-ring (bicyclic) bond motifs is 1. The van der Waals surface area contributed by atoms with Crippen LogP contribution in [-0.4, -0.2) is 81.9 Å². The first-order chi connectivity index (χ1) is 15.8. The molecule has 10 nitrogen and oxygen atoms in total. The molecule has 2 saturated heterocycles. The Hall–Kier alpha value is -2.32. The second-order valence-corrected chi connectivity index (χ2v) is 11.4. The minimum atomic E-state index is -3.19. The number of aromatic nitrogens is 2. The van der Waals surface area contributed by atoms with E-state index in [4.69, 9.17) is 22.1 Å². The lowest BCUT2D eigenvalue weighted by Crippen LogP contribution is -2.39. The molecule has 0 saturated carbocycles. The normalized spacial score (nSPS) is 21.4. The summed E-state index contributed by atoms with van der Waals surface area (Å²) in [5.41, 5.74) is 0.246. The molecule has 0 aliphatic carbocycles. The molecule has 176 valence electrons. The van der Waals surface area contributed by atoms with Crippen molar-refractivity contribution < 1.29 is 23.1 Å². The maximum Gasteiger partial charge on any atom is 0.267 e. The fraction of sp³-hybridized carbons (Fsp3) is 0.400. The fourth-order valence-electron chi connectivity index (χ4n) is 3.68. The maximum atomic E-state index is 13.2. The molecular formula is C20H22N4O6S3. The largest absolute Gasteiger partial charge is 0.394 e. The third-order valence-corrected chi connectivity index (χ3v) is 8.30. The van der Waals surface area contributed by atoms with Crippen LogP contribution in [0.25, 0.3) is 11.7 Å². The number of hydrogen-bond donors (Lipinski definition) is 2. The van der Waals surface area contributed by atoms with Crippen molar-refractivity contribution in [2.75, 3.05) is 43.2 Å². The molecule has 1 amide bonds.